The lowest BCUT2D eigenvalue weighted by Crippen LogP contribution is -2.25. The predicted octanol–water partition coefficient (Wildman–Crippen LogP) is 2.73. The van der Waals surface area contributed by atoms with Crippen molar-refractivity contribution in [1.29, 1.82) is 0 Å². The maximum atomic E-state index is 14.9. The van der Waals surface area contributed by atoms with E-state index in [0.717, 1.165) is 17.5 Å². The Morgan fingerprint density at radius 2 is 2.00 bits per heavy atom. The number of benzene rings is 2. The number of carbonyl (C=O) groups excluding carboxylic acids is 1. The topological polar surface area (TPSA) is 130 Å². The summed E-state index contributed by atoms with van der Waals surface area (Å²) in [5, 5.41) is 21.8. The number of cyclic esters (lactones) is 1. The van der Waals surface area contributed by atoms with E-state index in [0.29, 0.717) is 23.2 Å². The van der Waals surface area contributed by atoms with Crippen molar-refractivity contribution in [2.45, 2.75) is 18.6 Å². The van der Waals surface area contributed by atoms with Crippen molar-refractivity contribution in [3.05, 3.63) is 66.2 Å². The Morgan fingerprint density at radius 3 is 2.67 bits per heavy atom. The molecule has 0 aromatic heterocycles. The summed E-state index contributed by atoms with van der Waals surface area (Å²) in [6, 6.07) is 11.8. The molecule has 2 aliphatic heterocycles. The van der Waals surface area contributed by atoms with Gasteiger partial charge in [-0.3, -0.25) is 9.89 Å². The monoisotopic (exact) mass is 454 g/mol. The fraction of sp³-hybridized carbons (Fsp3) is 0.261. The van der Waals surface area contributed by atoms with E-state index >= 15 is 0 Å². The Kier molecular flexibility index (Phi) is 6.55. The van der Waals surface area contributed by atoms with E-state index in [2.05, 4.69) is 10.1 Å². The lowest BCUT2D eigenvalue weighted by Gasteiger charge is -2.14. The molecule has 1 saturated heterocycles. The average molecular weight is 454 g/mol. The molecule has 0 bridgehead atoms. The highest BCUT2D eigenvalue weighted by Gasteiger charge is 2.32. The van der Waals surface area contributed by atoms with Crippen LogP contribution in [0.25, 0.3) is 11.1 Å². The van der Waals surface area contributed by atoms with E-state index in [1.165, 1.54) is 17.0 Å². The first-order valence-electron chi connectivity index (χ1n) is 10.3. The first-order chi connectivity index (χ1) is 16.0. The second-order valence-electron chi connectivity index (χ2n) is 7.59. The van der Waals surface area contributed by atoms with E-state index < -0.39 is 18.0 Å². The van der Waals surface area contributed by atoms with Gasteiger partial charge in [0, 0.05) is 18.1 Å². The maximum Gasteiger partial charge on any atom is 0.414 e. The molecule has 33 heavy (non-hydrogen) atoms. The summed E-state index contributed by atoms with van der Waals surface area (Å²) in [6.07, 6.45) is 1.05. The third-order valence-corrected chi connectivity index (χ3v) is 5.33. The van der Waals surface area contributed by atoms with Gasteiger partial charge in [0.2, 0.25) is 0 Å². The van der Waals surface area contributed by atoms with Crippen LogP contribution < -0.4 is 10.6 Å². The third kappa shape index (κ3) is 4.96. The van der Waals surface area contributed by atoms with Crippen LogP contribution in [0.2, 0.25) is 0 Å². The number of carbonyl (C=O) groups is 1. The minimum absolute atomic E-state index is 0.101. The molecule has 4 N–H and O–H groups in total. The molecule has 0 radical (unpaired) electrons. The molecule has 2 aromatic rings. The summed E-state index contributed by atoms with van der Waals surface area (Å²) in [7, 11) is 0. The third-order valence-electron chi connectivity index (χ3n) is 5.33. The zero-order valence-corrected chi connectivity index (χ0v) is 17.6. The summed E-state index contributed by atoms with van der Waals surface area (Å²) in [5.41, 5.74) is 8.58. The standard InChI is InChI=1S/C23H23FN4O5/c24-20-9-16(28-12-18(32-23(28)31)11-26-22(25)7-8-29)5-6-19(20)14-1-3-15(4-2-14)21-10-17(13-30)33-27-21/h1-9,17-18,29-30H,10-13H2,(H2,25,26)/b8-7-/t17?,18-/m0/s1. The van der Waals surface area contributed by atoms with Crippen molar-refractivity contribution in [3.8, 4) is 11.1 Å². The van der Waals surface area contributed by atoms with Gasteiger partial charge in [-0.15, -0.1) is 0 Å². The highest BCUT2D eigenvalue weighted by atomic mass is 19.1. The van der Waals surface area contributed by atoms with Gasteiger partial charge in [-0.2, -0.15) is 0 Å². The molecular weight excluding hydrogens is 431 g/mol. The van der Waals surface area contributed by atoms with E-state index in [1.54, 1.807) is 24.3 Å². The molecule has 0 aliphatic carbocycles. The van der Waals surface area contributed by atoms with Gasteiger partial charge in [0.25, 0.3) is 0 Å². The fourth-order valence-electron chi connectivity index (χ4n) is 3.61. The van der Waals surface area contributed by atoms with E-state index in [9.17, 15) is 9.18 Å². The van der Waals surface area contributed by atoms with Gasteiger partial charge in [0.05, 0.1) is 37.4 Å². The molecule has 10 heteroatoms. The number of aliphatic hydroxyl groups excluding tert-OH is 2. The number of hydrogen-bond donors (Lipinski definition) is 3. The van der Waals surface area contributed by atoms with Crippen LogP contribution in [0.3, 0.4) is 0 Å². The zero-order valence-electron chi connectivity index (χ0n) is 17.6. The molecule has 2 heterocycles. The fourth-order valence-corrected chi connectivity index (χ4v) is 3.61. The zero-order chi connectivity index (χ0) is 23.4. The molecule has 0 saturated carbocycles. The summed E-state index contributed by atoms with van der Waals surface area (Å²) in [5.74, 6) is -0.372. The normalized spacial score (nSPS) is 20.8. The van der Waals surface area contributed by atoms with Gasteiger partial charge in [-0.25, -0.2) is 9.18 Å². The van der Waals surface area contributed by atoms with Crippen LogP contribution in [-0.2, 0) is 9.57 Å². The average Bonchev–Trinajstić information content (AvgIpc) is 3.45. The minimum Gasteiger partial charge on any atom is -0.515 e. The number of amides is 1. The summed E-state index contributed by atoms with van der Waals surface area (Å²) in [4.78, 5) is 22.7. The molecule has 1 fully saturated rings. The number of hydrogen-bond acceptors (Lipinski definition) is 7. The number of amidine groups is 1. The largest absolute Gasteiger partial charge is 0.515 e. The van der Waals surface area contributed by atoms with Crippen molar-refractivity contribution < 1.29 is 29.0 Å². The van der Waals surface area contributed by atoms with Gasteiger partial charge in [0.15, 0.2) is 6.10 Å². The molecule has 4 rings (SSSR count). The second-order valence-corrected chi connectivity index (χ2v) is 7.59. The number of halogens is 1. The number of aliphatic hydroxyl groups is 2. The summed E-state index contributed by atoms with van der Waals surface area (Å²) < 4.78 is 20.2. The van der Waals surface area contributed by atoms with Crippen molar-refractivity contribution in [1.82, 2.24) is 0 Å². The quantitative estimate of drug-likeness (QED) is 0.335. The van der Waals surface area contributed by atoms with E-state index in [4.69, 9.17) is 25.5 Å². The van der Waals surface area contributed by atoms with Crippen molar-refractivity contribution >= 4 is 23.3 Å². The Balaban J connectivity index is 1.45. The van der Waals surface area contributed by atoms with Crippen LogP contribution in [0, 0.1) is 5.82 Å². The van der Waals surface area contributed by atoms with Crippen LogP contribution in [-0.4, -0.2) is 59.8 Å². The van der Waals surface area contributed by atoms with Gasteiger partial charge in [0.1, 0.15) is 17.8 Å². The van der Waals surface area contributed by atoms with Crippen molar-refractivity contribution in [3.63, 3.8) is 0 Å². The summed E-state index contributed by atoms with van der Waals surface area (Å²) >= 11 is 0. The molecule has 172 valence electrons. The molecule has 1 unspecified atom stereocenters. The number of nitrogens with zero attached hydrogens (tertiary/aromatic N) is 3. The van der Waals surface area contributed by atoms with Crippen molar-refractivity contribution in [2.75, 3.05) is 24.6 Å². The van der Waals surface area contributed by atoms with Crippen LogP contribution in [0.4, 0.5) is 14.9 Å². The number of rotatable bonds is 7. The molecule has 2 aliphatic rings. The number of ether oxygens (including phenoxy) is 1. The minimum atomic E-state index is -0.594. The lowest BCUT2D eigenvalue weighted by atomic mass is 9.99. The molecule has 9 nitrogen and oxygen atoms in total. The Bertz CT molecular complexity index is 1120. The molecule has 1 amide bonds. The molecule has 2 atom stereocenters. The molecular formula is C23H23FN4O5. The Morgan fingerprint density at radius 1 is 1.24 bits per heavy atom. The second kappa shape index (κ2) is 9.70. The summed E-state index contributed by atoms with van der Waals surface area (Å²) in [6.45, 7) is 0.224. The molecule has 2 aromatic carbocycles. The Labute approximate surface area is 189 Å². The van der Waals surface area contributed by atoms with Gasteiger partial charge < -0.3 is 25.5 Å². The smallest absolute Gasteiger partial charge is 0.414 e. The highest BCUT2D eigenvalue weighted by Crippen LogP contribution is 2.30. The first kappa shape index (κ1) is 22.3. The van der Waals surface area contributed by atoms with Crippen LogP contribution in [0.15, 0.2) is 65.0 Å². The van der Waals surface area contributed by atoms with Crippen LogP contribution >= 0.6 is 0 Å². The lowest BCUT2D eigenvalue weighted by molar-refractivity contribution is 0.0390. The van der Waals surface area contributed by atoms with Gasteiger partial charge >= 0.3 is 6.09 Å². The number of nitrogens with two attached hydrogens (primary N) is 1. The van der Waals surface area contributed by atoms with Crippen LogP contribution in [0.5, 0.6) is 0 Å². The van der Waals surface area contributed by atoms with Gasteiger partial charge in [-0.1, -0.05) is 29.4 Å². The number of oxime groups is 1. The Hall–Kier alpha value is -3.92. The van der Waals surface area contributed by atoms with E-state index in [-0.39, 0.29) is 31.6 Å². The SMILES string of the molecule is NC(/C=C\O)=NC[C@H]1CN(c2ccc(-c3ccc(C4=NOC(CO)C4)cc3)c(F)c2)C(=O)O1. The van der Waals surface area contributed by atoms with Crippen molar-refractivity contribution in [2.24, 2.45) is 15.9 Å². The molecule has 0 spiro atoms. The van der Waals surface area contributed by atoms with Crippen LogP contribution in [0.1, 0.15) is 12.0 Å². The predicted molar refractivity (Wildman–Crippen MR) is 121 cm³/mol. The first-order valence-corrected chi connectivity index (χ1v) is 10.3. The number of anilines is 1. The number of aliphatic imine (C=N–C) groups is 1. The maximum absolute atomic E-state index is 14.9. The van der Waals surface area contributed by atoms with E-state index in [1.807, 2.05) is 12.1 Å². The van der Waals surface area contributed by atoms with Gasteiger partial charge in [-0.05, 0) is 29.3 Å². The highest BCUT2D eigenvalue weighted by molar-refractivity contribution is 6.01.